The van der Waals surface area contributed by atoms with Crippen molar-refractivity contribution in [1.29, 1.82) is 0 Å². The molecule has 3 heterocycles. The summed E-state index contributed by atoms with van der Waals surface area (Å²) in [6.45, 7) is 6.44. The average Bonchev–Trinajstić information content (AvgIpc) is 3.62. The summed E-state index contributed by atoms with van der Waals surface area (Å²) in [5.74, 6) is 2.32. The summed E-state index contributed by atoms with van der Waals surface area (Å²) in [6, 6.07) is 22.2. The Morgan fingerprint density at radius 3 is 2.21 bits per heavy atom. The van der Waals surface area contributed by atoms with E-state index >= 15 is 0 Å². The van der Waals surface area contributed by atoms with Crippen LogP contribution >= 0.6 is 0 Å². The average molecular weight is 507 g/mol. The molecular weight excluding hydrogens is 480 g/mol. The molecule has 39 heavy (non-hydrogen) atoms. The number of aromatic nitrogens is 6. The van der Waals surface area contributed by atoms with Crippen molar-refractivity contribution in [3.8, 4) is 11.1 Å². The quantitative estimate of drug-likeness (QED) is 0.237. The van der Waals surface area contributed by atoms with Crippen LogP contribution in [0.1, 0.15) is 38.3 Å². The van der Waals surface area contributed by atoms with Crippen LogP contribution in [-0.2, 0) is 6.42 Å². The molecule has 3 aromatic heterocycles. The number of imidazole rings is 2. The molecule has 5 aromatic carbocycles. The zero-order valence-electron chi connectivity index (χ0n) is 22.0. The molecular formula is C33H26N6. The first-order valence-electron chi connectivity index (χ1n) is 13.5. The molecule has 0 aliphatic rings. The van der Waals surface area contributed by atoms with Crippen LogP contribution in [-0.4, -0.2) is 30.1 Å². The Morgan fingerprint density at radius 1 is 0.641 bits per heavy atom. The standard InChI is InChI=1S/C33H26N6/c1-4-29-36-28-12-11-22-21-8-5-18(13-20(21)7-10-23(22)30(28)37-29)19-6-9-24-25(14-19)26-15-34-35-16-27(26)32-31(24)38-33(39-32)17(2)3/h5-17H,4H2,1-3H3,(H,36,37)(H,38,39). The van der Waals surface area contributed by atoms with Crippen molar-refractivity contribution >= 4 is 65.2 Å². The Labute approximate surface area is 224 Å². The highest BCUT2D eigenvalue weighted by Gasteiger charge is 2.16. The van der Waals surface area contributed by atoms with E-state index in [-0.39, 0.29) is 0 Å². The third-order valence-corrected chi connectivity index (χ3v) is 8.02. The van der Waals surface area contributed by atoms with Crippen LogP contribution in [0, 0.1) is 0 Å². The Kier molecular flexibility index (Phi) is 4.59. The first-order valence-corrected chi connectivity index (χ1v) is 13.5. The Balaban J connectivity index is 1.33. The minimum atomic E-state index is 0.308. The van der Waals surface area contributed by atoms with Gasteiger partial charge in [-0.2, -0.15) is 10.2 Å². The van der Waals surface area contributed by atoms with Gasteiger partial charge in [-0.25, -0.2) is 9.97 Å². The van der Waals surface area contributed by atoms with Crippen molar-refractivity contribution in [3.63, 3.8) is 0 Å². The molecule has 0 bridgehead atoms. The zero-order chi connectivity index (χ0) is 26.2. The van der Waals surface area contributed by atoms with E-state index in [1.54, 1.807) is 0 Å². The molecule has 8 rings (SSSR count). The van der Waals surface area contributed by atoms with Gasteiger partial charge in [0.1, 0.15) is 11.6 Å². The third kappa shape index (κ3) is 3.21. The molecule has 2 N–H and O–H groups in total. The van der Waals surface area contributed by atoms with Crippen LogP contribution in [0.4, 0.5) is 0 Å². The number of hydrogen-bond donors (Lipinski definition) is 2. The van der Waals surface area contributed by atoms with E-state index < -0.39 is 0 Å². The highest BCUT2D eigenvalue weighted by atomic mass is 15.1. The van der Waals surface area contributed by atoms with Crippen LogP contribution in [0.5, 0.6) is 0 Å². The highest BCUT2D eigenvalue weighted by molar-refractivity contribution is 6.23. The van der Waals surface area contributed by atoms with Crippen molar-refractivity contribution < 1.29 is 0 Å². The molecule has 0 aliphatic carbocycles. The molecule has 0 fully saturated rings. The summed E-state index contributed by atoms with van der Waals surface area (Å²) in [5.41, 5.74) is 6.50. The number of aryl methyl sites for hydroxylation is 1. The molecule has 0 amide bonds. The minimum Gasteiger partial charge on any atom is -0.342 e. The topological polar surface area (TPSA) is 83.1 Å². The predicted octanol–water partition coefficient (Wildman–Crippen LogP) is 8.19. The number of rotatable bonds is 3. The van der Waals surface area contributed by atoms with Crippen molar-refractivity contribution in [2.45, 2.75) is 33.1 Å². The molecule has 0 saturated carbocycles. The van der Waals surface area contributed by atoms with Gasteiger partial charge in [0.25, 0.3) is 0 Å². The second-order valence-electron chi connectivity index (χ2n) is 10.7. The number of fused-ring (bicyclic) bond motifs is 11. The van der Waals surface area contributed by atoms with Gasteiger partial charge in [0.05, 0.1) is 34.5 Å². The Morgan fingerprint density at radius 2 is 1.38 bits per heavy atom. The molecule has 0 radical (unpaired) electrons. The molecule has 0 saturated heterocycles. The van der Waals surface area contributed by atoms with Crippen LogP contribution in [0.25, 0.3) is 76.3 Å². The number of nitrogens with one attached hydrogen (secondary N) is 2. The summed E-state index contributed by atoms with van der Waals surface area (Å²) in [7, 11) is 0. The number of H-pyrrole nitrogens is 2. The molecule has 0 spiro atoms. The second kappa shape index (κ2) is 8.08. The Hall–Kier alpha value is -4.84. The molecule has 0 atom stereocenters. The van der Waals surface area contributed by atoms with E-state index in [4.69, 9.17) is 9.97 Å². The van der Waals surface area contributed by atoms with Crippen molar-refractivity contribution in [2.24, 2.45) is 0 Å². The fraction of sp³-hybridized carbons (Fsp3) is 0.152. The van der Waals surface area contributed by atoms with Gasteiger partial charge in [-0.15, -0.1) is 0 Å². The molecule has 8 aromatic rings. The van der Waals surface area contributed by atoms with E-state index in [1.807, 2.05) is 12.4 Å². The fourth-order valence-electron chi connectivity index (χ4n) is 5.96. The lowest BCUT2D eigenvalue weighted by Crippen LogP contribution is -1.88. The van der Waals surface area contributed by atoms with Crippen molar-refractivity contribution in [1.82, 2.24) is 30.1 Å². The summed E-state index contributed by atoms with van der Waals surface area (Å²) >= 11 is 0. The van der Waals surface area contributed by atoms with E-state index in [0.717, 1.165) is 61.7 Å². The van der Waals surface area contributed by atoms with Gasteiger partial charge in [-0.3, -0.25) is 0 Å². The number of nitrogens with zero attached hydrogens (tertiary/aromatic N) is 4. The fourth-order valence-corrected chi connectivity index (χ4v) is 5.96. The van der Waals surface area contributed by atoms with E-state index in [1.165, 1.54) is 32.7 Å². The molecule has 6 nitrogen and oxygen atoms in total. The molecule has 0 aliphatic heterocycles. The van der Waals surface area contributed by atoms with Gasteiger partial charge in [-0.1, -0.05) is 63.2 Å². The molecule has 0 unspecified atom stereocenters. The van der Waals surface area contributed by atoms with E-state index in [2.05, 4.69) is 102 Å². The van der Waals surface area contributed by atoms with Gasteiger partial charge in [0, 0.05) is 33.9 Å². The van der Waals surface area contributed by atoms with E-state index in [9.17, 15) is 0 Å². The number of hydrogen-bond acceptors (Lipinski definition) is 4. The third-order valence-electron chi connectivity index (χ3n) is 8.02. The molecule has 188 valence electrons. The second-order valence-corrected chi connectivity index (χ2v) is 10.7. The largest absolute Gasteiger partial charge is 0.342 e. The van der Waals surface area contributed by atoms with Crippen LogP contribution in [0.3, 0.4) is 0 Å². The van der Waals surface area contributed by atoms with Crippen molar-refractivity contribution in [3.05, 3.63) is 84.7 Å². The maximum Gasteiger partial charge on any atom is 0.109 e. The number of benzene rings is 5. The van der Waals surface area contributed by atoms with Gasteiger partial charge in [0.2, 0.25) is 0 Å². The van der Waals surface area contributed by atoms with Crippen LogP contribution in [0.2, 0.25) is 0 Å². The maximum absolute atomic E-state index is 4.93. The monoisotopic (exact) mass is 506 g/mol. The van der Waals surface area contributed by atoms with E-state index in [0.29, 0.717) is 5.92 Å². The predicted molar refractivity (Wildman–Crippen MR) is 160 cm³/mol. The Bertz CT molecular complexity index is 2250. The van der Waals surface area contributed by atoms with Gasteiger partial charge in [-0.05, 0) is 50.9 Å². The lowest BCUT2D eigenvalue weighted by Gasteiger charge is -2.10. The van der Waals surface area contributed by atoms with Crippen LogP contribution < -0.4 is 0 Å². The summed E-state index contributed by atoms with van der Waals surface area (Å²) in [5, 5.41) is 17.6. The smallest absolute Gasteiger partial charge is 0.109 e. The van der Waals surface area contributed by atoms with Gasteiger partial charge < -0.3 is 9.97 Å². The van der Waals surface area contributed by atoms with Gasteiger partial charge in [0.15, 0.2) is 0 Å². The lowest BCUT2D eigenvalue weighted by atomic mass is 9.94. The summed E-state index contributed by atoms with van der Waals surface area (Å²) < 4.78 is 0. The summed E-state index contributed by atoms with van der Waals surface area (Å²) in [6.07, 6.45) is 4.58. The maximum atomic E-state index is 4.93. The molecule has 6 heteroatoms. The normalized spacial score (nSPS) is 12.3. The minimum absolute atomic E-state index is 0.308. The SMILES string of the molecule is CCc1nc2c(ccc3c4ccc(-c5ccc6c(c5)c5cnncc5c5nc(C(C)C)[nH]c65)cc4ccc32)[nH]1. The van der Waals surface area contributed by atoms with Crippen LogP contribution in [0.15, 0.2) is 73.1 Å². The number of aromatic amines is 2. The highest BCUT2D eigenvalue weighted by Crippen LogP contribution is 2.38. The zero-order valence-corrected chi connectivity index (χ0v) is 22.0. The summed E-state index contributed by atoms with van der Waals surface area (Å²) in [4.78, 5) is 16.8. The first kappa shape index (κ1) is 22.2. The lowest BCUT2D eigenvalue weighted by molar-refractivity contribution is 0.799. The first-order chi connectivity index (χ1) is 19.1. The van der Waals surface area contributed by atoms with Crippen molar-refractivity contribution in [2.75, 3.05) is 0 Å². The van der Waals surface area contributed by atoms with Gasteiger partial charge >= 0.3 is 0 Å².